The van der Waals surface area contributed by atoms with Gasteiger partial charge in [-0.05, 0) is 30.3 Å². The minimum absolute atomic E-state index is 0.00971. The molecule has 1 aromatic heterocycles. The molecule has 0 aliphatic rings. The average molecular weight is 412 g/mol. The highest BCUT2D eigenvalue weighted by molar-refractivity contribution is 7.14. The van der Waals surface area contributed by atoms with E-state index in [1.165, 1.54) is 30.3 Å². The second-order valence-corrected chi connectivity index (χ2v) is 6.79. The van der Waals surface area contributed by atoms with E-state index in [1.807, 2.05) is 12.1 Å². The third-order valence-corrected chi connectivity index (χ3v) is 4.90. The van der Waals surface area contributed by atoms with Crippen molar-refractivity contribution in [3.05, 3.63) is 65.2 Å². The number of para-hydroxylation sites is 2. The summed E-state index contributed by atoms with van der Waals surface area (Å²) in [4.78, 5) is 30.4. The van der Waals surface area contributed by atoms with Crippen LogP contribution in [0.25, 0.3) is 0 Å². The van der Waals surface area contributed by atoms with Crippen LogP contribution in [-0.4, -0.2) is 31.1 Å². The van der Waals surface area contributed by atoms with Gasteiger partial charge in [0.05, 0.1) is 31.2 Å². The van der Waals surface area contributed by atoms with Crippen LogP contribution in [0.2, 0.25) is 0 Å². The third kappa shape index (κ3) is 4.72. The number of methoxy groups -OCH3 is 2. The van der Waals surface area contributed by atoms with Gasteiger partial charge in [0.15, 0.2) is 5.13 Å². The molecule has 0 saturated heterocycles. The Morgan fingerprint density at radius 3 is 2.59 bits per heavy atom. The van der Waals surface area contributed by atoms with Crippen molar-refractivity contribution >= 4 is 34.0 Å². The van der Waals surface area contributed by atoms with Crippen LogP contribution in [0.4, 0.5) is 10.8 Å². The molecule has 3 rings (SSSR count). The van der Waals surface area contributed by atoms with Gasteiger partial charge in [0.25, 0.3) is 0 Å². The molecule has 0 unspecified atom stereocenters. The summed E-state index contributed by atoms with van der Waals surface area (Å²) in [6.45, 7) is 1.44. The van der Waals surface area contributed by atoms with Crippen molar-refractivity contribution in [2.45, 2.75) is 13.5 Å². The number of hydrogen-bond donors (Lipinski definition) is 0. The van der Waals surface area contributed by atoms with Gasteiger partial charge in [0.2, 0.25) is 5.91 Å². The first-order valence-corrected chi connectivity index (χ1v) is 9.60. The lowest BCUT2D eigenvalue weighted by Gasteiger charge is -2.20. The minimum Gasteiger partial charge on any atom is -0.497 e. The van der Waals surface area contributed by atoms with Crippen molar-refractivity contribution in [3.63, 3.8) is 0 Å². The van der Waals surface area contributed by atoms with Gasteiger partial charge in [-0.15, -0.1) is 11.3 Å². The minimum atomic E-state index is -0.480. The van der Waals surface area contributed by atoms with Gasteiger partial charge in [-0.2, -0.15) is 0 Å². The largest absolute Gasteiger partial charge is 0.497 e. The predicted octanol–water partition coefficient (Wildman–Crippen LogP) is 4.20. The molecule has 0 N–H and O–H groups in total. The molecule has 150 valence electrons. The number of carbonyl (C=O) groups excluding carboxylic acids is 2. The van der Waals surface area contributed by atoms with E-state index >= 15 is 0 Å². The Labute approximate surface area is 172 Å². The van der Waals surface area contributed by atoms with Crippen molar-refractivity contribution < 1.29 is 23.8 Å². The van der Waals surface area contributed by atoms with Crippen LogP contribution in [0.15, 0.2) is 53.9 Å². The molecule has 1 heterocycles. The quantitative estimate of drug-likeness (QED) is 0.541. The number of carbonyl (C=O) groups is 2. The van der Waals surface area contributed by atoms with E-state index in [2.05, 4.69) is 4.98 Å². The zero-order valence-electron chi connectivity index (χ0n) is 16.2. The number of hydrogen-bond acceptors (Lipinski definition) is 7. The van der Waals surface area contributed by atoms with Crippen molar-refractivity contribution in [2.75, 3.05) is 19.1 Å². The molecule has 0 radical (unpaired) electrons. The van der Waals surface area contributed by atoms with E-state index in [0.717, 1.165) is 0 Å². The van der Waals surface area contributed by atoms with Gasteiger partial charge in [-0.1, -0.05) is 18.2 Å². The van der Waals surface area contributed by atoms with Crippen LogP contribution < -0.4 is 14.4 Å². The molecule has 2 aromatic carbocycles. The highest BCUT2D eigenvalue weighted by Gasteiger charge is 2.21. The number of ether oxygens (including phenoxy) is 3. The summed E-state index contributed by atoms with van der Waals surface area (Å²) in [6, 6.07) is 13.9. The summed E-state index contributed by atoms with van der Waals surface area (Å²) >= 11 is 1.28. The van der Waals surface area contributed by atoms with Crippen molar-refractivity contribution in [2.24, 2.45) is 0 Å². The molecule has 0 atom stereocenters. The van der Waals surface area contributed by atoms with Gasteiger partial charge < -0.3 is 14.2 Å². The molecule has 0 saturated carbocycles. The third-order valence-electron chi connectivity index (χ3n) is 4.03. The topological polar surface area (TPSA) is 78.0 Å². The Bertz CT molecular complexity index is 1020. The Morgan fingerprint density at radius 2 is 1.86 bits per heavy atom. The van der Waals surface area contributed by atoms with Crippen molar-refractivity contribution in [1.82, 2.24) is 4.98 Å². The smallest absolute Gasteiger partial charge is 0.338 e. The van der Waals surface area contributed by atoms with Gasteiger partial charge in [0.1, 0.15) is 18.1 Å². The lowest BCUT2D eigenvalue weighted by atomic mass is 10.2. The van der Waals surface area contributed by atoms with E-state index in [0.29, 0.717) is 33.6 Å². The average Bonchev–Trinajstić information content (AvgIpc) is 3.20. The zero-order chi connectivity index (χ0) is 20.8. The monoisotopic (exact) mass is 412 g/mol. The number of rotatable bonds is 7. The van der Waals surface area contributed by atoms with E-state index in [4.69, 9.17) is 14.2 Å². The maximum absolute atomic E-state index is 12.3. The first kappa shape index (κ1) is 20.3. The molecule has 8 heteroatoms. The van der Waals surface area contributed by atoms with Crippen LogP contribution >= 0.6 is 11.3 Å². The van der Waals surface area contributed by atoms with Crippen LogP contribution in [0, 0.1) is 0 Å². The molecule has 1 amide bonds. The Kier molecular flexibility index (Phi) is 6.46. The number of benzene rings is 2. The fourth-order valence-electron chi connectivity index (χ4n) is 2.66. The maximum Gasteiger partial charge on any atom is 0.338 e. The molecular weight excluding hydrogens is 392 g/mol. The normalized spacial score (nSPS) is 10.3. The predicted molar refractivity (Wildman–Crippen MR) is 110 cm³/mol. The highest BCUT2D eigenvalue weighted by atomic mass is 32.1. The molecule has 0 aliphatic carbocycles. The fraction of sp³-hybridized carbons (Fsp3) is 0.190. The van der Waals surface area contributed by atoms with Crippen molar-refractivity contribution in [3.8, 4) is 11.5 Å². The molecule has 3 aromatic rings. The van der Waals surface area contributed by atoms with E-state index < -0.39 is 5.97 Å². The summed E-state index contributed by atoms with van der Waals surface area (Å²) in [5, 5.41) is 2.22. The number of aromatic nitrogens is 1. The van der Waals surface area contributed by atoms with E-state index in [9.17, 15) is 9.59 Å². The van der Waals surface area contributed by atoms with Crippen LogP contribution in [0.1, 0.15) is 23.0 Å². The lowest BCUT2D eigenvalue weighted by Crippen LogP contribution is -2.23. The summed E-state index contributed by atoms with van der Waals surface area (Å²) < 4.78 is 15.8. The SMILES string of the molecule is COc1cccc(C(=O)OCc2csc(N(C(C)=O)c3ccccc3OC)n2)c1. The second kappa shape index (κ2) is 9.20. The van der Waals surface area contributed by atoms with Crippen LogP contribution in [0.5, 0.6) is 11.5 Å². The maximum atomic E-state index is 12.3. The van der Waals surface area contributed by atoms with Gasteiger partial charge in [-0.25, -0.2) is 9.78 Å². The van der Waals surface area contributed by atoms with Gasteiger partial charge in [0, 0.05) is 12.3 Å². The number of anilines is 2. The lowest BCUT2D eigenvalue weighted by molar-refractivity contribution is -0.115. The van der Waals surface area contributed by atoms with Crippen molar-refractivity contribution in [1.29, 1.82) is 0 Å². The Morgan fingerprint density at radius 1 is 1.07 bits per heavy atom. The number of esters is 1. The van der Waals surface area contributed by atoms with Gasteiger partial charge >= 0.3 is 5.97 Å². The number of thiazole rings is 1. The molecule has 0 fully saturated rings. The molecule has 0 spiro atoms. The molecule has 29 heavy (non-hydrogen) atoms. The van der Waals surface area contributed by atoms with E-state index in [1.54, 1.807) is 48.9 Å². The molecule has 0 aliphatic heterocycles. The Balaban J connectivity index is 1.75. The van der Waals surface area contributed by atoms with Crippen LogP contribution in [0.3, 0.4) is 0 Å². The van der Waals surface area contributed by atoms with Gasteiger partial charge in [-0.3, -0.25) is 9.69 Å². The standard InChI is InChI=1S/C21H20N2O5S/c1-14(24)23(18-9-4-5-10-19(18)27-3)21-22-16(13-29-21)12-28-20(25)15-7-6-8-17(11-15)26-2/h4-11,13H,12H2,1-3H3. The number of nitrogens with zero attached hydrogens (tertiary/aromatic N) is 2. The van der Waals surface area contributed by atoms with Crippen LogP contribution in [-0.2, 0) is 16.1 Å². The first-order valence-electron chi connectivity index (χ1n) is 8.72. The zero-order valence-corrected chi connectivity index (χ0v) is 17.1. The molecule has 7 nitrogen and oxygen atoms in total. The Hall–Kier alpha value is -3.39. The van der Waals surface area contributed by atoms with E-state index in [-0.39, 0.29) is 12.5 Å². The summed E-state index contributed by atoms with van der Waals surface area (Å²) in [5.41, 5.74) is 1.53. The summed E-state index contributed by atoms with van der Waals surface area (Å²) in [7, 11) is 3.08. The highest BCUT2D eigenvalue weighted by Crippen LogP contribution is 2.35. The summed E-state index contributed by atoms with van der Waals surface area (Å²) in [5.74, 6) is 0.448. The molecule has 0 bridgehead atoms. The summed E-state index contributed by atoms with van der Waals surface area (Å²) in [6.07, 6.45) is 0. The molecular formula is C21H20N2O5S. The second-order valence-electron chi connectivity index (χ2n) is 5.96. The first-order chi connectivity index (χ1) is 14.0. The fourth-order valence-corrected chi connectivity index (χ4v) is 3.52. The number of amides is 1.